The average molecular weight is 372 g/mol. The molecular formula is C19H15F3N4O. The average Bonchev–Trinajstić information content (AvgIpc) is 2.69. The fourth-order valence-corrected chi connectivity index (χ4v) is 2.33. The highest BCUT2D eigenvalue weighted by Crippen LogP contribution is 2.23. The van der Waals surface area contributed by atoms with Gasteiger partial charge >= 0.3 is 0 Å². The number of nitrogens with zero attached hydrogens (tertiary/aromatic N) is 2. The number of carbonyl (C=O) groups excluding carboxylic acids is 1. The minimum absolute atomic E-state index is 0.0232. The van der Waals surface area contributed by atoms with Gasteiger partial charge in [-0.1, -0.05) is 19.1 Å². The summed E-state index contributed by atoms with van der Waals surface area (Å²) in [6, 6.07) is 10.4. The van der Waals surface area contributed by atoms with E-state index in [1.165, 1.54) is 6.07 Å². The van der Waals surface area contributed by atoms with E-state index in [0.717, 1.165) is 30.4 Å². The van der Waals surface area contributed by atoms with Crippen LogP contribution in [0.15, 0.2) is 48.8 Å². The third-order valence-corrected chi connectivity index (χ3v) is 3.82. The Hall–Kier alpha value is -3.42. The number of anilines is 3. The number of hydrogen-bond donors (Lipinski definition) is 2. The van der Waals surface area contributed by atoms with E-state index in [-0.39, 0.29) is 17.2 Å². The molecule has 0 fully saturated rings. The number of hydrogen-bond acceptors (Lipinski definition) is 4. The Balaban J connectivity index is 1.76. The highest BCUT2D eigenvalue weighted by molar-refractivity contribution is 6.03. The van der Waals surface area contributed by atoms with Gasteiger partial charge in [0.25, 0.3) is 5.91 Å². The Bertz CT molecular complexity index is 977. The van der Waals surface area contributed by atoms with Crippen molar-refractivity contribution in [2.24, 2.45) is 0 Å². The molecule has 0 saturated carbocycles. The van der Waals surface area contributed by atoms with Gasteiger partial charge in [0.2, 0.25) is 0 Å². The van der Waals surface area contributed by atoms with E-state index in [4.69, 9.17) is 0 Å². The maximum Gasteiger partial charge on any atom is 0.274 e. The van der Waals surface area contributed by atoms with E-state index in [2.05, 4.69) is 20.6 Å². The topological polar surface area (TPSA) is 66.9 Å². The van der Waals surface area contributed by atoms with E-state index in [1.54, 1.807) is 12.1 Å². The number of halogens is 3. The second-order valence-electron chi connectivity index (χ2n) is 5.64. The first-order chi connectivity index (χ1) is 13.0. The third kappa shape index (κ3) is 4.22. The molecule has 8 heteroatoms. The number of nitrogens with one attached hydrogen (secondary N) is 2. The summed E-state index contributed by atoms with van der Waals surface area (Å²) in [7, 11) is 0. The monoisotopic (exact) mass is 372 g/mol. The molecule has 1 aromatic heterocycles. The number of amides is 1. The van der Waals surface area contributed by atoms with E-state index in [9.17, 15) is 18.0 Å². The van der Waals surface area contributed by atoms with Crippen LogP contribution in [0.4, 0.5) is 30.4 Å². The number of rotatable bonds is 5. The van der Waals surface area contributed by atoms with E-state index in [1.807, 2.05) is 19.1 Å². The molecule has 0 aliphatic carbocycles. The molecule has 5 nitrogen and oxygen atoms in total. The Morgan fingerprint density at radius 1 is 1.00 bits per heavy atom. The molecule has 0 radical (unpaired) electrons. The molecule has 0 bridgehead atoms. The normalized spacial score (nSPS) is 10.5. The Kier molecular flexibility index (Phi) is 5.35. The lowest BCUT2D eigenvalue weighted by atomic mass is 10.1. The van der Waals surface area contributed by atoms with Gasteiger partial charge < -0.3 is 10.6 Å². The molecule has 3 rings (SSSR count). The molecule has 1 heterocycles. The first-order valence-electron chi connectivity index (χ1n) is 8.10. The Labute approximate surface area is 153 Å². The van der Waals surface area contributed by atoms with E-state index >= 15 is 0 Å². The molecule has 2 N–H and O–H groups in total. The molecule has 138 valence electrons. The molecular weight excluding hydrogens is 357 g/mol. The molecule has 0 aliphatic rings. The van der Waals surface area contributed by atoms with Crippen LogP contribution in [0.1, 0.15) is 23.0 Å². The summed E-state index contributed by atoms with van der Waals surface area (Å²) in [5.41, 5.74) is 1.44. The van der Waals surface area contributed by atoms with Crippen molar-refractivity contribution in [1.29, 1.82) is 0 Å². The molecule has 0 atom stereocenters. The first kappa shape index (κ1) is 18.4. The maximum atomic E-state index is 13.8. The van der Waals surface area contributed by atoms with Gasteiger partial charge in [-0.3, -0.25) is 4.79 Å². The van der Waals surface area contributed by atoms with Crippen molar-refractivity contribution in [3.8, 4) is 0 Å². The molecule has 2 aromatic carbocycles. The fraction of sp³-hybridized carbons (Fsp3) is 0.105. The van der Waals surface area contributed by atoms with Crippen molar-refractivity contribution in [1.82, 2.24) is 9.97 Å². The maximum absolute atomic E-state index is 13.8. The van der Waals surface area contributed by atoms with Crippen molar-refractivity contribution in [2.75, 3.05) is 10.6 Å². The van der Waals surface area contributed by atoms with Crippen molar-refractivity contribution in [3.63, 3.8) is 0 Å². The zero-order chi connectivity index (χ0) is 19.4. The van der Waals surface area contributed by atoms with Gasteiger partial charge in [-0.25, -0.2) is 23.1 Å². The van der Waals surface area contributed by atoms with Crippen molar-refractivity contribution in [3.05, 3.63) is 77.5 Å². The Morgan fingerprint density at radius 3 is 2.44 bits per heavy atom. The minimum Gasteiger partial charge on any atom is -0.338 e. The van der Waals surface area contributed by atoms with Gasteiger partial charge in [0, 0.05) is 11.8 Å². The highest BCUT2D eigenvalue weighted by atomic mass is 19.2. The van der Waals surface area contributed by atoms with E-state index in [0.29, 0.717) is 5.69 Å². The summed E-state index contributed by atoms with van der Waals surface area (Å²) in [4.78, 5) is 20.1. The predicted molar refractivity (Wildman–Crippen MR) is 95.4 cm³/mol. The highest BCUT2D eigenvalue weighted by Gasteiger charge is 2.15. The second-order valence-corrected chi connectivity index (χ2v) is 5.64. The van der Waals surface area contributed by atoms with Crippen LogP contribution in [-0.2, 0) is 6.42 Å². The van der Waals surface area contributed by atoms with Crippen LogP contribution in [0.2, 0.25) is 0 Å². The first-order valence-corrected chi connectivity index (χ1v) is 8.10. The lowest BCUT2D eigenvalue weighted by Gasteiger charge is -2.09. The molecule has 3 aromatic rings. The number of aromatic nitrogens is 2. The van der Waals surface area contributed by atoms with Crippen molar-refractivity contribution in [2.45, 2.75) is 13.3 Å². The summed E-state index contributed by atoms with van der Waals surface area (Å²) in [5, 5.41) is 5.19. The zero-order valence-electron chi connectivity index (χ0n) is 14.3. The summed E-state index contributed by atoms with van der Waals surface area (Å²) >= 11 is 0. The van der Waals surface area contributed by atoms with Crippen molar-refractivity contribution >= 4 is 23.1 Å². The predicted octanol–water partition coefficient (Wildman–Crippen LogP) is 4.45. The van der Waals surface area contributed by atoms with Gasteiger partial charge in [-0.15, -0.1) is 0 Å². The van der Waals surface area contributed by atoms with Crippen LogP contribution >= 0.6 is 0 Å². The van der Waals surface area contributed by atoms with Crippen molar-refractivity contribution < 1.29 is 18.0 Å². The van der Waals surface area contributed by atoms with Crippen LogP contribution in [0.25, 0.3) is 0 Å². The van der Waals surface area contributed by atoms with Gasteiger partial charge in [0.05, 0.1) is 5.69 Å². The molecule has 0 unspecified atom stereocenters. The molecule has 0 aliphatic heterocycles. The number of aryl methyl sites for hydroxylation is 1. The number of benzene rings is 2. The Morgan fingerprint density at radius 2 is 1.74 bits per heavy atom. The summed E-state index contributed by atoms with van der Waals surface area (Å²) in [6.07, 6.45) is 1.99. The van der Waals surface area contributed by atoms with Crippen LogP contribution in [0, 0.1) is 17.5 Å². The standard InChI is InChI=1S/C19H15F3N4O/c1-2-11-3-5-12(6-4-11)25-19(27)15-9-16(24-10-23-15)26-14-8-7-13(20)17(21)18(14)22/h3-10H,2H2,1H3,(H,25,27)(H,23,24,26). The summed E-state index contributed by atoms with van der Waals surface area (Å²) < 4.78 is 40.1. The second kappa shape index (κ2) is 7.86. The molecule has 27 heavy (non-hydrogen) atoms. The lowest BCUT2D eigenvalue weighted by molar-refractivity contribution is 0.102. The van der Waals surface area contributed by atoms with Gasteiger partial charge in [0.15, 0.2) is 17.5 Å². The van der Waals surface area contributed by atoms with Gasteiger partial charge in [0.1, 0.15) is 17.8 Å². The van der Waals surface area contributed by atoms with Crippen LogP contribution < -0.4 is 10.6 Å². The summed E-state index contributed by atoms with van der Waals surface area (Å²) in [5.74, 6) is -4.70. The largest absolute Gasteiger partial charge is 0.338 e. The SMILES string of the molecule is CCc1ccc(NC(=O)c2cc(Nc3ccc(F)c(F)c3F)ncn2)cc1. The van der Waals surface area contributed by atoms with Crippen LogP contribution in [-0.4, -0.2) is 15.9 Å². The number of carbonyl (C=O) groups is 1. The molecule has 0 saturated heterocycles. The quantitative estimate of drug-likeness (QED) is 0.650. The third-order valence-electron chi connectivity index (χ3n) is 3.82. The minimum atomic E-state index is -1.59. The smallest absolute Gasteiger partial charge is 0.274 e. The van der Waals surface area contributed by atoms with Crippen LogP contribution in [0.3, 0.4) is 0 Å². The fourth-order valence-electron chi connectivity index (χ4n) is 2.33. The summed E-state index contributed by atoms with van der Waals surface area (Å²) in [6.45, 7) is 2.03. The van der Waals surface area contributed by atoms with E-state index < -0.39 is 23.4 Å². The molecule has 1 amide bonds. The van der Waals surface area contributed by atoms with Crippen LogP contribution in [0.5, 0.6) is 0 Å². The molecule has 0 spiro atoms. The zero-order valence-corrected chi connectivity index (χ0v) is 14.3. The lowest BCUT2D eigenvalue weighted by Crippen LogP contribution is -2.14. The van der Waals surface area contributed by atoms with Gasteiger partial charge in [-0.2, -0.15) is 0 Å². The van der Waals surface area contributed by atoms with Gasteiger partial charge in [-0.05, 0) is 36.2 Å².